The monoisotopic (exact) mass is 1220 g/mol. The molecule has 15 nitrogen and oxygen atoms in total. The molecule has 2 heterocycles. The van der Waals surface area contributed by atoms with Crippen LogP contribution in [0.1, 0.15) is 168 Å². The van der Waals surface area contributed by atoms with E-state index in [-0.39, 0.29) is 38.3 Å². The number of ether oxygens (including phenoxy) is 13. The Hall–Kier alpha value is -5.26. The molecule has 88 heavy (non-hydrogen) atoms. The molecule has 15 heteroatoms. The van der Waals surface area contributed by atoms with E-state index in [4.69, 9.17) is 61.6 Å². The van der Waals surface area contributed by atoms with Gasteiger partial charge in [-0.05, 0) is 96.5 Å². The minimum atomic E-state index is -1.74. The van der Waals surface area contributed by atoms with Crippen molar-refractivity contribution in [2.45, 2.75) is 185 Å². The van der Waals surface area contributed by atoms with Crippen molar-refractivity contribution in [3.63, 3.8) is 0 Å². The van der Waals surface area contributed by atoms with Crippen molar-refractivity contribution in [3.05, 3.63) is 97.1 Å². The smallest absolute Gasteiger partial charge is 0.344 e. The van der Waals surface area contributed by atoms with Crippen molar-refractivity contribution < 1.29 is 71.2 Å². The van der Waals surface area contributed by atoms with E-state index >= 15 is 0 Å². The summed E-state index contributed by atoms with van der Waals surface area (Å²) in [6.45, 7) is 9.05. The molecule has 4 atom stereocenters. The van der Waals surface area contributed by atoms with Crippen LogP contribution in [0.15, 0.2) is 97.1 Å². The molecule has 0 amide bonds. The quantitative estimate of drug-likeness (QED) is 0.0234. The van der Waals surface area contributed by atoms with Gasteiger partial charge in [0.2, 0.25) is 17.0 Å². The van der Waals surface area contributed by atoms with Crippen LogP contribution >= 0.6 is 0 Å². The number of unbranched alkanes of at least 4 members (excludes halogenated alkanes) is 18. The van der Waals surface area contributed by atoms with E-state index in [1.165, 1.54) is 130 Å². The third-order valence-corrected chi connectivity index (χ3v) is 17.6. The summed E-state index contributed by atoms with van der Waals surface area (Å²) < 4.78 is 76.9. The van der Waals surface area contributed by atoms with Crippen molar-refractivity contribution in [1.82, 2.24) is 0 Å². The van der Waals surface area contributed by atoms with Crippen molar-refractivity contribution in [3.8, 4) is 45.3 Å². The van der Waals surface area contributed by atoms with E-state index in [0.717, 1.165) is 84.1 Å². The molecule has 488 valence electrons. The number of methoxy groups -OCH3 is 2. The van der Waals surface area contributed by atoms with Gasteiger partial charge in [-0.25, -0.2) is 9.59 Å². The number of esters is 2. The summed E-state index contributed by atoms with van der Waals surface area (Å²) in [7, 11) is 2.85. The molecule has 4 fully saturated rings. The SMILES string of the molecule is CCCCCCCCCCCCOc1ccc(-c2ccc(OCCOCCOCCOC(=O)[C@@]34O[C@@](C(=O)OCCOCCOCCOc5ccc(-c6ccc(OCCCCCCCCCCCC)cc6)cc5)(C5CCCCC53)C4(OC)OC)cc2)cc1. The predicted octanol–water partition coefficient (Wildman–Crippen LogP) is 15.5. The second kappa shape index (κ2) is 39.8. The van der Waals surface area contributed by atoms with Crippen LogP contribution in [0.3, 0.4) is 0 Å². The summed E-state index contributed by atoms with van der Waals surface area (Å²) in [5.74, 6) is -0.466. The molecule has 2 unspecified atom stereocenters. The van der Waals surface area contributed by atoms with Gasteiger partial charge in [-0.1, -0.05) is 191 Å². The van der Waals surface area contributed by atoms with Gasteiger partial charge in [-0.2, -0.15) is 0 Å². The first-order valence-corrected chi connectivity index (χ1v) is 33.7. The molecule has 2 saturated carbocycles. The normalized spacial score (nSPS) is 19.0. The minimum Gasteiger partial charge on any atom is -0.494 e. The molecule has 4 aliphatic rings. The zero-order chi connectivity index (χ0) is 61.8. The first-order valence-electron chi connectivity index (χ1n) is 33.7. The summed E-state index contributed by atoms with van der Waals surface area (Å²) >= 11 is 0. The van der Waals surface area contributed by atoms with Crippen molar-refractivity contribution in [2.24, 2.45) is 11.8 Å². The first-order chi connectivity index (χ1) is 43.4. The largest absolute Gasteiger partial charge is 0.494 e. The Bertz CT molecular complexity index is 2330. The molecular weight excluding hydrogens is 1120 g/mol. The van der Waals surface area contributed by atoms with Crippen LogP contribution < -0.4 is 18.9 Å². The maximum atomic E-state index is 14.1. The highest BCUT2D eigenvalue weighted by atomic mass is 16.8. The van der Waals surface area contributed by atoms with E-state index in [0.29, 0.717) is 65.7 Å². The van der Waals surface area contributed by atoms with Crippen LogP contribution in [0.25, 0.3) is 22.3 Å². The number of carbonyl (C=O) groups is 2. The summed E-state index contributed by atoms with van der Waals surface area (Å²) in [5, 5.41) is 0. The Labute approximate surface area is 526 Å². The van der Waals surface area contributed by atoms with Crippen molar-refractivity contribution >= 4 is 11.9 Å². The van der Waals surface area contributed by atoms with Gasteiger partial charge < -0.3 is 61.6 Å². The molecule has 0 spiro atoms. The van der Waals surface area contributed by atoms with Gasteiger partial charge in [0.15, 0.2) is 0 Å². The maximum Gasteiger partial charge on any atom is 0.344 e. The van der Waals surface area contributed by atoms with Gasteiger partial charge in [0.05, 0.1) is 66.1 Å². The Morgan fingerprint density at radius 1 is 0.352 bits per heavy atom. The number of carbonyl (C=O) groups excluding carboxylic acids is 2. The third-order valence-electron chi connectivity index (χ3n) is 17.6. The van der Waals surface area contributed by atoms with E-state index in [2.05, 4.69) is 62.4 Å². The standard InChI is InChI=1S/C73H106O15/c1-5-7-9-11-13-15-17-19-21-25-45-82-63-37-29-59(30-38-63)61-33-41-65(42-34-61)84-55-51-78-47-49-80-53-57-86-69(74)71-67-27-23-24-28-68(67)72(88-71,73(71,76-3)77-4)70(75)87-58-54-81-50-48-79-52-56-85-66-43-35-62(36-44-66)60-31-39-64(40-32-60)83-46-26-22-20-18-16-14-12-10-8-6-2/h29-44,67-68H,5-28,45-58H2,1-4H3/t67?,68?,71-,72+. The number of benzene rings is 4. The fraction of sp³-hybridized carbons (Fsp3) is 0.644. The van der Waals surface area contributed by atoms with Crippen LogP contribution in [0.5, 0.6) is 23.0 Å². The molecule has 4 aromatic rings. The highest BCUT2D eigenvalue weighted by Crippen LogP contribution is 2.73. The third kappa shape index (κ3) is 20.1. The lowest BCUT2D eigenvalue weighted by atomic mass is 9.76. The second-order valence-electron chi connectivity index (χ2n) is 23.7. The molecule has 8 rings (SSSR count). The summed E-state index contributed by atoms with van der Waals surface area (Å²) in [6.07, 6.45) is 29.2. The maximum absolute atomic E-state index is 14.1. The van der Waals surface area contributed by atoms with Gasteiger partial charge >= 0.3 is 11.9 Å². The van der Waals surface area contributed by atoms with Gasteiger partial charge in [0.1, 0.15) is 49.4 Å². The molecule has 0 N–H and O–H groups in total. The average Bonchev–Trinajstić information content (AvgIpc) is 1.51. The lowest BCUT2D eigenvalue weighted by molar-refractivity contribution is -0.446. The fourth-order valence-corrected chi connectivity index (χ4v) is 12.9. The van der Waals surface area contributed by atoms with E-state index in [1.54, 1.807) is 0 Å². The van der Waals surface area contributed by atoms with Crippen molar-refractivity contribution in [1.29, 1.82) is 0 Å². The van der Waals surface area contributed by atoms with Gasteiger partial charge in [-0.3, -0.25) is 0 Å². The Morgan fingerprint density at radius 2 is 0.614 bits per heavy atom. The number of rotatable bonds is 50. The highest BCUT2D eigenvalue weighted by Gasteiger charge is 2.96. The Morgan fingerprint density at radius 3 is 0.909 bits per heavy atom. The van der Waals surface area contributed by atoms with Crippen LogP contribution in [-0.2, 0) is 52.2 Å². The molecule has 0 radical (unpaired) electrons. The predicted molar refractivity (Wildman–Crippen MR) is 343 cm³/mol. The Kier molecular flexibility index (Phi) is 31.7. The minimum absolute atomic E-state index is 0.0347. The molecule has 2 saturated heterocycles. The topological polar surface area (TPSA) is 154 Å². The van der Waals surface area contributed by atoms with Crippen molar-refractivity contribution in [2.75, 3.05) is 107 Å². The lowest BCUT2D eigenvalue weighted by Gasteiger charge is -2.58. The van der Waals surface area contributed by atoms with E-state index in [1.807, 2.05) is 48.5 Å². The Balaban J connectivity index is 0.701. The fourth-order valence-electron chi connectivity index (χ4n) is 12.9. The molecule has 4 aromatic carbocycles. The number of hydrogen-bond acceptors (Lipinski definition) is 15. The van der Waals surface area contributed by atoms with Crippen LogP contribution in [0.2, 0.25) is 0 Å². The summed E-state index contributed by atoms with van der Waals surface area (Å²) in [6, 6.07) is 32.6. The van der Waals surface area contributed by atoms with Crippen LogP contribution in [-0.4, -0.2) is 136 Å². The average molecular weight is 1220 g/mol. The summed E-state index contributed by atoms with van der Waals surface area (Å²) in [5.41, 5.74) is 1.15. The van der Waals surface area contributed by atoms with E-state index in [9.17, 15) is 9.59 Å². The van der Waals surface area contributed by atoms with Gasteiger partial charge in [-0.15, -0.1) is 0 Å². The first kappa shape index (κ1) is 70.2. The molecule has 2 aliphatic heterocycles. The zero-order valence-electron chi connectivity index (χ0n) is 53.9. The van der Waals surface area contributed by atoms with Gasteiger partial charge in [0, 0.05) is 26.1 Å². The van der Waals surface area contributed by atoms with Crippen LogP contribution in [0.4, 0.5) is 0 Å². The molecular formula is C73H106O15. The van der Waals surface area contributed by atoms with Crippen LogP contribution in [0, 0.1) is 11.8 Å². The molecule has 2 aliphatic carbocycles. The van der Waals surface area contributed by atoms with Gasteiger partial charge in [0.25, 0.3) is 0 Å². The highest BCUT2D eigenvalue weighted by molar-refractivity contribution is 5.94. The molecule has 0 aromatic heterocycles. The second-order valence-corrected chi connectivity index (χ2v) is 23.7. The summed E-state index contributed by atoms with van der Waals surface area (Å²) in [4.78, 5) is 28.2. The lowest BCUT2D eigenvalue weighted by Crippen LogP contribution is -2.84. The zero-order valence-corrected chi connectivity index (χ0v) is 53.9. The van der Waals surface area contributed by atoms with E-state index < -0.39 is 28.9 Å². The number of hydrogen-bond donors (Lipinski definition) is 0. The molecule has 2 bridgehead atoms.